The van der Waals surface area contributed by atoms with E-state index in [1.165, 1.54) is 9.87 Å². The van der Waals surface area contributed by atoms with Crippen LogP contribution in [0.1, 0.15) is 9.27 Å². The first-order valence-electron chi connectivity index (χ1n) is 5.35. The molecular weight excluding hydrogens is 231 g/mol. The van der Waals surface area contributed by atoms with Gasteiger partial charge in [-0.15, -0.1) is 0 Å². The van der Waals surface area contributed by atoms with Crippen molar-refractivity contribution in [2.75, 3.05) is 0 Å². The van der Waals surface area contributed by atoms with Gasteiger partial charge in [0.2, 0.25) is 0 Å². The van der Waals surface area contributed by atoms with Crippen LogP contribution in [0.3, 0.4) is 0 Å². The first-order chi connectivity index (χ1) is 7.29. The zero-order chi connectivity index (χ0) is 10.7. The van der Waals surface area contributed by atoms with Gasteiger partial charge in [0.05, 0.1) is 0 Å². The van der Waals surface area contributed by atoms with Crippen molar-refractivity contribution < 1.29 is 22.9 Å². The molecule has 0 atom stereocenters. The molecule has 1 aliphatic rings. The Kier molecular flexibility index (Phi) is 3.86. The van der Waals surface area contributed by atoms with E-state index in [0.717, 1.165) is 0 Å². The molecule has 0 saturated carbocycles. The molecule has 0 amide bonds. The molecule has 2 rings (SSSR count). The van der Waals surface area contributed by atoms with Crippen molar-refractivity contribution in [3.05, 3.63) is 46.0 Å². The fourth-order valence-electron chi connectivity index (χ4n) is 2.08. The summed E-state index contributed by atoms with van der Waals surface area (Å²) in [4.78, 5) is 4.59. The number of pyridine rings is 1. The van der Waals surface area contributed by atoms with Crippen LogP contribution in [0, 0.1) is 0 Å². The second kappa shape index (κ2) is 5.17. The molecule has 1 aromatic heterocycles. The Bertz CT molecular complexity index is 451. The van der Waals surface area contributed by atoms with Crippen molar-refractivity contribution in [1.82, 2.24) is 4.98 Å². The zero-order valence-electron chi connectivity index (χ0n) is 11.3. The molecule has 0 spiro atoms. The summed E-state index contributed by atoms with van der Waals surface area (Å²) in [6.45, 7) is 4.90. The van der Waals surface area contributed by atoms with Gasteiger partial charge in [0.25, 0.3) is 0 Å². The maximum Gasteiger partial charge on any atom is -1.00 e. The molecule has 0 N–H and O–H groups in total. The molecule has 0 aliphatic heterocycles. The van der Waals surface area contributed by atoms with E-state index in [0.29, 0.717) is 0 Å². The molecule has 1 aromatic rings. The summed E-state index contributed by atoms with van der Waals surface area (Å²) >= 11 is -1.45. The second-order valence-corrected chi connectivity index (χ2v) is 17.5. The number of hydrogen-bond donors (Lipinski definition) is 0. The molecule has 0 saturated heterocycles. The van der Waals surface area contributed by atoms with Crippen molar-refractivity contribution in [3.63, 3.8) is 0 Å². The minimum atomic E-state index is -1.45. The fourth-order valence-corrected chi connectivity index (χ4v) is 13.7. The van der Waals surface area contributed by atoms with Gasteiger partial charge in [0.15, 0.2) is 0 Å². The van der Waals surface area contributed by atoms with Crippen LogP contribution in [-0.4, -0.2) is 10.5 Å². The Morgan fingerprint density at radius 1 is 1.40 bits per heavy atom. The predicted molar refractivity (Wildman–Crippen MR) is 65.4 cm³/mol. The van der Waals surface area contributed by atoms with Gasteiger partial charge in [-0.3, -0.25) is 0 Å². The molecule has 15 heavy (non-hydrogen) atoms. The minimum absolute atomic E-state index is 0. The third-order valence-corrected chi connectivity index (χ3v) is 15.3. The minimum Gasteiger partial charge on any atom is -1.00 e. The third-order valence-electron chi connectivity index (χ3n) is 2.73. The quantitative estimate of drug-likeness (QED) is 0.733. The topological polar surface area (TPSA) is 12.9 Å². The first-order valence-corrected chi connectivity index (χ1v) is 12.4. The Labute approximate surface area is 102 Å². The van der Waals surface area contributed by atoms with Crippen LogP contribution in [0.15, 0.2) is 46.0 Å². The van der Waals surface area contributed by atoms with Crippen molar-refractivity contribution in [2.45, 2.75) is 19.5 Å². The molecule has 0 bridgehead atoms. The van der Waals surface area contributed by atoms with Gasteiger partial charge in [0, 0.05) is 0 Å². The number of hydrogen-bond acceptors (Lipinski definition) is 1. The average Bonchev–Trinajstić information content (AvgIpc) is 2.72. The van der Waals surface area contributed by atoms with Crippen LogP contribution in [0.25, 0.3) is 0 Å². The van der Waals surface area contributed by atoms with Crippen LogP contribution in [0.2, 0.25) is 13.1 Å². The van der Waals surface area contributed by atoms with Crippen molar-refractivity contribution in [2.24, 2.45) is 0 Å². The standard InChI is InChI=1S/C5H4N.C5H5.C2H6Si.Sc.2H/c1-2-4-6-5-3-1;1-2-4-5-3-1;1-3-2;;;/h1-4H;1-3H,4H2;1-2H3;;;/q;;;;2*-1. The van der Waals surface area contributed by atoms with Gasteiger partial charge in [-0.1, -0.05) is 0 Å². The number of aromatic nitrogens is 1. The maximum atomic E-state index is 4.59. The van der Waals surface area contributed by atoms with Crippen LogP contribution >= 0.6 is 0 Å². The summed E-state index contributed by atoms with van der Waals surface area (Å²) in [6, 6.07) is 6.39. The van der Waals surface area contributed by atoms with Gasteiger partial charge >= 0.3 is 99.5 Å². The monoisotopic (exact) mass is 248 g/mol. The molecule has 79 valence electrons. The molecule has 1 aliphatic carbocycles. The zero-order valence-corrected chi connectivity index (χ0v) is 12.1. The van der Waals surface area contributed by atoms with E-state index in [1.807, 2.05) is 12.3 Å². The van der Waals surface area contributed by atoms with Gasteiger partial charge in [-0.25, -0.2) is 0 Å². The van der Waals surface area contributed by atoms with E-state index < -0.39 is 20.1 Å². The first kappa shape index (κ1) is 11.2. The largest absolute Gasteiger partial charge is 1.00 e. The van der Waals surface area contributed by atoms with Gasteiger partial charge in [-0.2, -0.15) is 0 Å². The van der Waals surface area contributed by atoms with Crippen LogP contribution in [-0.2, 0) is 20.1 Å². The summed E-state index contributed by atoms with van der Waals surface area (Å²) in [7, 11) is 0. The summed E-state index contributed by atoms with van der Waals surface area (Å²) in [5.74, 6) is 0. The number of rotatable bonds is 2. The third kappa shape index (κ3) is 2.64. The summed E-state index contributed by atoms with van der Waals surface area (Å²) in [5, 5.41) is 0. The predicted octanol–water partition coefficient (Wildman–Crippen LogP) is 2.65. The van der Waals surface area contributed by atoms with Crippen LogP contribution in [0.4, 0.5) is 0 Å². The molecule has 1 nitrogen and oxygen atoms in total. The number of nitrogens with zero attached hydrogens (tertiary/aromatic N) is 1. The Morgan fingerprint density at radius 3 is 2.80 bits per heavy atom. The number of allylic oxidation sites excluding steroid dienone is 4. The van der Waals surface area contributed by atoms with Crippen LogP contribution in [0.5, 0.6) is 0 Å². The molecule has 0 radical (unpaired) electrons. The van der Waals surface area contributed by atoms with Crippen molar-refractivity contribution in [1.29, 1.82) is 0 Å². The smallest absolute Gasteiger partial charge is 1.00 e. The van der Waals surface area contributed by atoms with E-state index in [1.54, 1.807) is 3.33 Å². The van der Waals surface area contributed by atoms with Gasteiger partial charge in [-0.05, 0) is 0 Å². The van der Waals surface area contributed by atoms with Crippen molar-refractivity contribution >= 4 is 8.95 Å². The van der Waals surface area contributed by atoms with Crippen molar-refractivity contribution in [3.8, 4) is 0 Å². The van der Waals surface area contributed by atoms with Gasteiger partial charge in [0.1, 0.15) is 0 Å². The Morgan fingerprint density at radius 2 is 2.27 bits per heavy atom. The molecule has 0 fully saturated rings. The van der Waals surface area contributed by atoms with E-state index in [2.05, 4.69) is 48.4 Å². The summed E-state index contributed by atoms with van der Waals surface area (Å²) < 4.78 is 3.15. The van der Waals surface area contributed by atoms with E-state index >= 15 is 0 Å². The average molecular weight is 248 g/mol. The summed E-state index contributed by atoms with van der Waals surface area (Å²) in [5.41, 5.74) is -0.192. The van der Waals surface area contributed by atoms with Gasteiger partial charge < -0.3 is 2.85 Å². The van der Waals surface area contributed by atoms with Crippen LogP contribution < -0.4 is 3.45 Å². The Hall–Kier alpha value is -0.283. The maximum absolute atomic E-state index is 4.59. The van der Waals surface area contributed by atoms with E-state index in [4.69, 9.17) is 0 Å². The molecular formula is C12H17NScSi-2. The SMILES string of the molecule is C[Si](C)=[Sc]([C]1=CC=CC1)[c]1ccccn1.[H-].[H-]. The fraction of sp³-hybridized carbons (Fsp3) is 0.250. The molecule has 3 heteroatoms. The summed E-state index contributed by atoms with van der Waals surface area (Å²) in [6.07, 6.45) is 9.97. The van der Waals surface area contributed by atoms with E-state index in [-0.39, 0.29) is 8.35 Å². The normalized spacial score (nSPS) is 13.9. The van der Waals surface area contributed by atoms with E-state index in [9.17, 15) is 0 Å². The second-order valence-electron chi connectivity index (χ2n) is 4.14. The molecule has 1 heterocycles. The molecule has 0 unspecified atom stereocenters. The Balaban J connectivity index is 0.00000128. The molecule has 0 aromatic carbocycles.